The van der Waals surface area contributed by atoms with Crippen LogP contribution in [0, 0.1) is 0 Å². The van der Waals surface area contributed by atoms with Crippen molar-refractivity contribution in [2.45, 2.75) is 13.3 Å². The van der Waals surface area contributed by atoms with Gasteiger partial charge in [-0.1, -0.05) is 37.3 Å². The molecule has 0 unspecified atom stereocenters. The number of rotatable bonds is 5. The fourth-order valence-corrected chi connectivity index (χ4v) is 1.81. The van der Waals surface area contributed by atoms with Gasteiger partial charge in [0.2, 0.25) is 5.95 Å². The van der Waals surface area contributed by atoms with E-state index in [0.717, 1.165) is 23.2 Å². The van der Waals surface area contributed by atoms with Crippen LogP contribution in [0.1, 0.15) is 12.6 Å². The first-order chi connectivity index (χ1) is 8.85. The standard InChI is InChI=1S/C14H18N4/c1-2-13-12(11-6-4-3-5-7-11)10-17-14(18-13)16-9-8-15/h3-7,10H,2,8-9,15H2,1H3,(H,16,17,18). The Morgan fingerprint density at radius 2 is 2.00 bits per heavy atom. The Morgan fingerprint density at radius 1 is 1.22 bits per heavy atom. The Kier molecular flexibility index (Phi) is 4.25. The van der Waals surface area contributed by atoms with E-state index in [0.29, 0.717) is 19.0 Å². The SMILES string of the molecule is CCc1nc(NCCN)ncc1-c1ccccc1. The number of hydrogen-bond acceptors (Lipinski definition) is 4. The van der Waals surface area contributed by atoms with Crippen LogP contribution in [0.5, 0.6) is 0 Å². The first-order valence-electron chi connectivity index (χ1n) is 6.20. The van der Waals surface area contributed by atoms with Gasteiger partial charge < -0.3 is 11.1 Å². The summed E-state index contributed by atoms with van der Waals surface area (Å²) in [5, 5.41) is 3.10. The molecule has 0 aliphatic rings. The van der Waals surface area contributed by atoms with E-state index in [4.69, 9.17) is 5.73 Å². The number of hydrogen-bond donors (Lipinski definition) is 2. The van der Waals surface area contributed by atoms with Gasteiger partial charge in [0.05, 0.1) is 5.69 Å². The molecule has 0 aliphatic heterocycles. The maximum Gasteiger partial charge on any atom is 0.222 e. The Balaban J connectivity index is 2.32. The van der Waals surface area contributed by atoms with Crippen LogP contribution in [-0.2, 0) is 6.42 Å². The van der Waals surface area contributed by atoms with Crippen molar-refractivity contribution in [1.29, 1.82) is 0 Å². The molecule has 1 aromatic carbocycles. The highest BCUT2D eigenvalue weighted by atomic mass is 15.1. The summed E-state index contributed by atoms with van der Waals surface area (Å²) in [6, 6.07) is 10.2. The van der Waals surface area contributed by atoms with Crippen LogP contribution in [0.2, 0.25) is 0 Å². The van der Waals surface area contributed by atoms with E-state index in [1.54, 1.807) is 0 Å². The molecule has 2 rings (SSSR count). The third-order valence-electron chi connectivity index (χ3n) is 2.71. The van der Waals surface area contributed by atoms with E-state index in [1.807, 2.05) is 24.4 Å². The van der Waals surface area contributed by atoms with Crippen molar-refractivity contribution in [1.82, 2.24) is 9.97 Å². The molecule has 0 atom stereocenters. The van der Waals surface area contributed by atoms with E-state index in [9.17, 15) is 0 Å². The first kappa shape index (κ1) is 12.5. The van der Waals surface area contributed by atoms with E-state index in [-0.39, 0.29) is 0 Å². The molecule has 0 fully saturated rings. The highest BCUT2D eigenvalue weighted by Crippen LogP contribution is 2.22. The Morgan fingerprint density at radius 3 is 2.67 bits per heavy atom. The van der Waals surface area contributed by atoms with E-state index in [1.165, 1.54) is 0 Å². The Bertz CT molecular complexity index is 496. The van der Waals surface area contributed by atoms with Gasteiger partial charge in [0.1, 0.15) is 0 Å². The van der Waals surface area contributed by atoms with Crippen LogP contribution in [-0.4, -0.2) is 23.1 Å². The first-order valence-corrected chi connectivity index (χ1v) is 6.20. The molecular formula is C14H18N4. The molecule has 18 heavy (non-hydrogen) atoms. The van der Waals surface area contributed by atoms with Crippen LogP contribution >= 0.6 is 0 Å². The zero-order valence-corrected chi connectivity index (χ0v) is 10.6. The van der Waals surface area contributed by atoms with Gasteiger partial charge in [0.15, 0.2) is 0 Å². The van der Waals surface area contributed by atoms with Gasteiger partial charge in [-0.2, -0.15) is 0 Å². The third kappa shape index (κ3) is 2.84. The molecule has 0 radical (unpaired) electrons. The molecular weight excluding hydrogens is 224 g/mol. The second-order valence-electron chi connectivity index (χ2n) is 3.99. The molecule has 0 saturated heterocycles. The minimum Gasteiger partial charge on any atom is -0.353 e. The summed E-state index contributed by atoms with van der Waals surface area (Å²) >= 11 is 0. The van der Waals surface area contributed by atoms with E-state index in [2.05, 4.69) is 34.3 Å². The van der Waals surface area contributed by atoms with Crippen LogP contribution in [0.3, 0.4) is 0 Å². The maximum absolute atomic E-state index is 5.45. The number of aryl methyl sites for hydroxylation is 1. The zero-order chi connectivity index (χ0) is 12.8. The average molecular weight is 242 g/mol. The highest BCUT2D eigenvalue weighted by molar-refractivity contribution is 5.65. The lowest BCUT2D eigenvalue weighted by Gasteiger charge is -2.09. The molecule has 0 aliphatic carbocycles. The number of nitrogens with one attached hydrogen (secondary N) is 1. The minimum absolute atomic E-state index is 0.575. The van der Waals surface area contributed by atoms with Gasteiger partial charge in [-0.3, -0.25) is 0 Å². The fraction of sp³-hybridized carbons (Fsp3) is 0.286. The van der Waals surface area contributed by atoms with Gasteiger partial charge >= 0.3 is 0 Å². The number of nitrogens with two attached hydrogens (primary N) is 1. The van der Waals surface area contributed by atoms with Crippen molar-refractivity contribution >= 4 is 5.95 Å². The fourth-order valence-electron chi connectivity index (χ4n) is 1.81. The smallest absolute Gasteiger partial charge is 0.222 e. The Labute approximate surface area is 107 Å². The molecule has 3 N–H and O–H groups in total. The molecule has 0 bridgehead atoms. The summed E-state index contributed by atoms with van der Waals surface area (Å²) in [7, 11) is 0. The summed E-state index contributed by atoms with van der Waals surface area (Å²) < 4.78 is 0. The monoisotopic (exact) mass is 242 g/mol. The molecule has 4 heteroatoms. The lowest BCUT2D eigenvalue weighted by Crippen LogP contribution is -2.15. The summed E-state index contributed by atoms with van der Waals surface area (Å²) in [6.07, 6.45) is 2.75. The number of benzene rings is 1. The van der Waals surface area contributed by atoms with Crippen molar-refractivity contribution in [3.63, 3.8) is 0 Å². The summed E-state index contributed by atoms with van der Waals surface area (Å²) in [5.74, 6) is 0.650. The van der Waals surface area contributed by atoms with E-state index < -0.39 is 0 Å². The normalized spacial score (nSPS) is 10.3. The maximum atomic E-state index is 5.45. The molecule has 0 spiro atoms. The van der Waals surface area contributed by atoms with Gasteiger partial charge in [-0.15, -0.1) is 0 Å². The van der Waals surface area contributed by atoms with Crippen molar-refractivity contribution in [2.75, 3.05) is 18.4 Å². The molecule has 0 saturated carbocycles. The van der Waals surface area contributed by atoms with Crippen LogP contribution < -0.4 is 11.1 Å². The van der Waals surface area contributed by atoms with E-state index >= 15 is 0 Å². The lowest BCUT2D eigenvalue weighted by molar-refractivity contribution is 0.956. The number of aromatic nitrogens is 2. The van der Waals surface area contributed by atoms with Crippen molar-refractivity contribution in [2.24, 2.45) is 5.73 Å². The largest absolute Gasteiger partial charge is 0.353 e. The van der Waals surface area contributed by atoms with Crippen molar-refractivity contribution in [3.05, 3.63) is 42.2 Å². The lowest BCUT2D eigenvalue weighted by atomic mass is 10.0. The van der Waals surface area contributed by atoms with Gasteiger partial charge in [0.25, 0.3) is 0 Å². The molecule has 2 aromatic rings. The molecule has 1 heterocycles. The number of anilines is 1. The molecule has 0 amide bonds. The second kappa shape index (κ2) is 6.12. The quantitative estimate of drug-likeness (QED) is 0.842. The summed E-state index contributed by atoms with van der Waals surface area (Å²) in [5.41, 5.74) is 8.75. The second-order valence-corrected chi connectivity index (χ2v) is 3.99. The van der Waals surface area contributed by atoms with Crippen molar-refractivity contribution < 1.29 is 0 Å². The summed E-state index contributed by atoms with van der Waals surface area (Å²) in [6.45, 7) is 3.36. The molecule has 4 nitrogen and oxygen atoms in total. The number of nitrogens with zero attached hydrogens (tertiary/aromatic N) is 2. The minimum atomic E-state index is 0.575. The van der Waals surface area contributed by atoms with Gasteiger partial charge in [0, 0.05) is 24.8 Å². The van der Waals surface area contributed by atoms with Crippen LogP contribution in [0.25, 0.3) is 11.1 Å². The highest BCUT2D eigenvalue weighted by Gasteiger charge is 2.07. The topological polar surface area (TPSA) is 63.8 Å². The van der Waals surface area contributed by atoms with Crippen LogP contribution in [0.4, 0.5) is 5.95 Å². The van der Waals surface area contributed by atoms with Crippen LogP contribution in [0.15, 0.2) is 36.5 Å². The summed E-state index contributed by atoms with van der Waals surface area (Å²) in [4.78, 5) is 8.85. The predicted octanol–water partition coefficient (Wildman–Crippen LogP) is 2.08. The third-order valence-corrected chi connectivity index (χ3v) is 2.71. The molecule has 94 valence electrons. The van der Waals surface area contributed by atoms with Gasteiger partial charge in [-0.25, -0.2) is 9.97 Å². The average Bonchev–Trinajstić information content (AvgIpc) is 2.45. The Hall–Kier alpha value is -1.94. The van der Waals surface area contributed by atoms with Crippen molar-refractivity contribution in [3.8, 4) is 11.1 Å². The molecule has 1 aromatic heterocycles. The zero-order valence-electron chi connectivity index (χ0n) is 10.6. The predicted molar refractivity (Wildman–Crippen MR) is 74.4 cm³/mol. The van der Waals surface area contributed by atoms with Gasteiger partial charge in [-0.05, 0) is 12.0 Å².